The Bertz CT molecular complexity index is 54.1. The predicted molar refractivity (Wildman–Crippen MR) is 16.0 cm³/mol. The Morgan fingerprint density at radius 2 is 1.86 bits per heavy atom. The molecular formula is C3H5O3Pt. The molecule has 7 heavy (non-hydrogen) atoms. The molecule has 0 bridgehead atoms. The van der Waals surface area contributed by atoms with Crippen LogP contribution < -0.4 is 5.11 Å². The summed E-state index contributed by atoms with van der Waals surface area (Å²) in [6.07, 6.45) is 0.111. The van der Waals surface area contributed by atoms with E-state index in [0.29, 0.717) is 0 Å². The van der Waals surface area contributed by atoms with Crippen molar-refractivity contribution in [3.63, 3.8) is 0 Å². The van der Waals surface area contributed by atoms with Crippen molar-refractivity contribution in [3.8, 4) is 0 Å². The molecule has 0 aliphatic heterocycles. The van der Waals surface area contributed by atoms with Gasteiger partial charge in [0.05, 0.1) is 0 Å². The van der Waals surface area contributed by atoms with Crippen molar-refractivity contribution in [1.29, 1.82) is 0 Å². The van der Waals surface area contributed by atoms with Crippen LogP contribution in [0.4, 0.5) is 0 Å². The number of carboxylic acid groups (broad SMARTS) is 1. The van der Waals surface area contributed by atoms with Crippen LogP contribution in [0.2, 0.25) is 0 Å². The molecule has 0 amide bonds. The Balaban J connectivity index is 0. The van der Waals surface area contributed by atoms with Gasteiger partial charge in [0.1, 0.15) is 0 Å². The third kappa shape index (κ3) is 24.3. The SMILES string of the molecule is CCC(=O)[O-].[O]=[Pt+]. The van der Waals surface area contributed by atoms with E-state index in [4.69, 9.17) is 3.40 Å². The minimum atomic E-state index is -0.995. The normalized spacial score (nSPS) is 6.00. The number of carboxylic acids is 1. The zero-order valence-electron chi connectivity index (χ0n) is 3.75. The maximum absolute atomic E-state index is 9.26. The number of aliphatic carboxylic acids is 1. The zero-order chi connectivity index (χ0) is 6.28. The molecule has 0 N–H and O–H groups in total. The van der Waals surface area contributed by atoms with Gasteiger partial charge in [0.15, 0.2) is 0 Å². The summed E-state index contributed by atoms with van der Waals surface area (Å²) in [5, 5.41) is 9.26. The van der Waals surface area contributed by atoms with Gasteiger partial charge in [0.2, 0.25) is 0 Å². The molecule has 3 nitrogen and oxygen atoms in total. The van der Waals surface area contributed by atoms with Crippen molar-refractivity contribution >= 4 is 5.97 Å². The monoisotopic (exact) mass is 284 g/mol. The van der Waals surface area contributed by atoms with Crippen molar-refractivity contribution in [2.24, 2.45) is 0 Å². The molecule has 4 heteroatoms. The number of hydrogen-bond acceptors (Lipinski definition) is 3. The maximum atomic E-state index is 9.26. The molecule has 0 aliphatic carbocycles. The second-order valence-corrected chi connectivity index (χ2v) is 0.726. The number of hydrogen-bond donors (Lipinski definition) is 0. The summed E-state index contributed by atoms with van der Waals surface area (Å²) in [7, 11) is 0. The summed E-state index contributed by atoms with van der Waals surface area (Å²) in [5.41, 5.74) is 0. The van der Waals surface area contributed by atoms with Crippen LogP contribution in [-0.2, 0) is 28.0 Å². The molecule has 0 aliphatic rings. The van der Waals surface area contributed by atoms with E-state index in [2.05, 4.69) is 0 Å². The van der Waals surface area contributed by atoms with E-state index in [-0.39, 0.29) is 6.42 Å². The summed E-state index contributed by atoms with van der Waals surface area (Å²) in [5.74, 6) is -0.995. The summed E-state index contributed by atoms with van der Waals surface area (Å²) in [6, 6.07) is 0. The first-order valence-corrected chi connectivity index (χ1v) is 2.53. The predicted octanol–water partition coefficient (Wildman–Crippen LogP) is -0.975. The molecule has 0 aromatic rings. The molecule has 0 unspecified atom stereocenters. The number of rotatable bonds is 1. The van der Waals surface area contributed by atoms with Crippen LogP contribution in [0.1, 0.15) is 13.3 Å². The Kier molecular flexibility index (Phi) is 13.4. The van der Waals surface area contributed by atoms with E-state index in [1.54, 1.807) is 0 Å². The van der Waals surface area contributed by atoms with Gasteiger partial charge in [0, 0.05) is 5.97 Å². The molecule has 0 heterocycles. The second-order valence-electron chi connectivity index (χ2n) is 0.726. The molecule has 0 spiro atoms. The van der Waals surface area contributed by atoms with Crippen LogP contribution in [0.25, 0.3) is 0 Å². The van der Waals surface area contributed by atoms with E-state index in [9.17, 15) is 9.90 Å². The van der Waals surface area contributed by atoms with Gasteiger partial charge in [-0.25, -0.2) is 0 Å². The fourth-order valence-electron chi connectivity index (χ4n) is 0. The van der Waals surface area contributed by atoms with Crippen LogP contribution in [0, 0.1) is 0 Å². The van der Waals surface area contributed by atoms with Crippen LogP contribution >= 0.6 is 0 Å². The molecule has 0 saturated heterocycles. The van der Waals surface area contributed by atoms with E-state index in [1.807, 2.05) is 0 Å². The van der Waals surface area contributed by atoms with Crippen molar-refractivity contribution in [3.05, 3.63) is 0 Å². The molecule has 45 valence electrons. The molecule has 0 atom stereocenters. The Morgan fingerprint density at radius 3 is 1.86 bits per heavy atom. The summed E-state index contributed by atoms with van der Waals surface area (Å²) in [4.78, 5) is 9.26. The van der Waals surface area contributed by atoms with E-state index in [1.165, 1.54) is 6.92 Å². The molecule has 0 radical (unpaired) electrons. The van der Waals surface area contributed by atoms with Gasteiger partial charge in [-0.15, -0.1) is 0 Å². The van der Waals surface area contributed by atoms with Gasteiger partial charge in [-0.3, -0.25) is 0 Å². The zero-order valence-corrected chi connectivity index (χ0v) is 6.02. The first kappa shape index (κ1) is 10.0. The Hall–Kier alpha value is -0.0417. The van der Waals surface area contributed by atoms with Crippen LogP contribution in [0.3, 0.4) is 0 Å². The van der Waals surface area contributed by atoms with Crippen molar-refractivity contribution in [2.45, 2.75) is 13.3 Å². The van der Waals surface area contributed by atoms with Gasteiger partial charge in [-0.2, -0.15) is 0 Å². The Morgan fingerprint density at radius 1 is 1.71 bits per heavy atom. The molecule has 0 rings (SSSR count). The fraction of sp³-hybridized carbons (Fsp3) is 0.667. The molecule has 0 saturated carbocycles. The first-order chi connectivity index (χ1) is 3.27. The third-order valence-corrected chi connectivity index (χ3v) is 0.289. The number of carbonyl (C=O) groups excluding carboxylic acids is 1. The standard InChI is InChI=1S/C3H6O2.O.Pt/c1-2-3(4)5;;/h2H2,1H3,(H,4,5);;/q;;+1/p-1. The van der Waals surface area contributed by atoms with Gasteiger partial charge in [-0.1, -0.05) is 6.92 Å². The van der Waals surface area contributed by atoms with Crippen LogP contribution in [0.15, 0.2) is 0 Å². The molecule has 0 aromatic carbocycles. The molecular weight excluding hydrogens is 279 g/mol. The summed E-state index contributed by atoms with van der Waals surface area (Å²) in [6.45, 7) is 1.54. The minimum absolute atomic E-state index is 0.111. The van der Waals surface area contributed by atoms with Gasteiger partial charge >= 0.3 is 23.2 Å². The third-order valence-electron chi connectivity index (χ3n) is 0.289. The van der Waals surface area contributed by atoms with E-state index >= 15 is 0 Å². The molecule has 0 fully saturated rings. The summed E-state index contributed by atoms with van der Waals surface area (Å²) >= 11 is 0.889. The van der Waals surface area contributed by atoms with Crippen molar-refractivity contribution < 1.29 is 33.1 Å². The quantitative estimate of drug-likeness (QED) is 0.622. The number of carbonyl (C=O) groups is 1. The topological polar surface area (TPSA) is 57.2 Å². The first-order valence-electron chi connectivity index (χ1n) is 1.60. The van der Waals surface area contributed by atoms with E-state index < -0.39 is 5.97 Å². The van der Waals surface area contributed by atoms with Crippen LogP contribution in [-0.4, -0.2) is 5.97 Å². The Labute approximate surface area is 52.9 Å². The fourth-order valence-corrected chi connectivity index (χ4v) is 0. The van der Waals surface area contributed by atoms with Gasteiger partial charge in [0.25, 0.3) is 0 Å². The van der Waals surface area contributed by atoms with Crippen LogP contribution in [0.5, 0.6) is 0 Å². The van der Waals surface area contributed by atoms with Crippen molar-refractivity contribution in [1.82, 2.24) is 0 Å². The van der Waals surface area contributed by atoms with E-state index in [0.717, 1.165) is 19.8 Å². The van der Waals surface area contributed by atoms with Gasteiger partial charge in [-0.05, 0) is 6.42 Å². The second kappa shape index (κ2) is 9.35. The average molecular weight is 284 g/mol. The summed E-state index contributed by atoms with van der Waals surface area (Å²) < 4.78 is 8.22. The average Bonchev–Trinajstić information content (AvgIpc) is 1.73. The molecule has 0 aromatic heterocycles. The van der Waals surface area contributed by atoms with Crippen molar-refractivity contribution in [2.75, 3.05) is 0 Å². The van der Waals surface area contributed by atoms with Gasteiger partial charge < -0.3 is 9.90 Å².